The number of benzene rings is 2. The molecule has 0 fully saturated rings. The van der Waals surface area contributed by atoms with Crippen LogP contribution in [0.4, 0.5) is 0 Å². The molecule has 0 aliphatic heterocycles. The Labute approximate surface area is 385 Å². The van der Waals surface area contributed by atoms with Crippen LogP contribution in [0.15, 0.2) is 60.2 Å². The third kappa shape index (κ3) is 35.4. The van der Waals surface area contributed by atoms with Crippen molar-refractivity contribution in [3.8, 4) is 0 Å². The molecule has 2 aromatic rings. The van der Waals surface area contributed by atoms with Gasteiger partial charge >= 0.3 is 16.5 Å². The molecule has 0 aliphatic rings. The van der Waals surface area contributed by atoms with Gasteiger partial charge in [0.05, 0.1) is 6.08 Å². The van der Waals surface area contributed by atoms with E-state index in [9.17, 15) is 0 Å². The zero-order chi connectivity index (χ0) is 43.3. The van der Waals surface area contributed by atoms with Crippen molar-refractivity contribution in [1.29, 1.82) is 0 Å². The second-order valence-electron chi connectivity index (χ2n) is 17.1. The Balaban J connectivity index is 0. The first-order chi connectivity index (χ1) is 29.1. The number of unbranched alkanes of at least 4 members (excludes halogenated alkanes) is 26. The molecule has 0 unspecified atom stereocenters. The van der Waals surface area contributed by atoms with E-state index < -0.39 is 0 Å². The minimum Gasteiger partial charge on any atom is -0.348 e. The first-order valence-corrected chi connectivity index (χ1v) is 25.5. The van der Waals surface area contributed by atoms with Crippen LogP contribution >= 0.6 is 0 Å². The first-order valence-electron chi connectivity index (χ1n) is 25.5. The summed E-state index contributed by atoms with van der Waals surface area (Å²) < 4.78 is 0. The van der Waals surface area contributed by atoms with E-state index in [-0.39, 0.29) is 16.5 Å². The van der Waals surface area contributed by atoms with Crippen molar-refractivity contribution in [2.45, 2.75) is 253 Å². The molecular weight excluding hydrogens is 771 g/mol. The van der Waals surface area contributed by atoms with Crippen LogP contribution in [0.1, 0.15) is 262 Å². The van der Waals surface area contributed by atoms with Gasteiger partial charge in [-0.2, -0.15) is 12.8 Å². The predicted molar refractivity (Wildman–Crippen MR) is 266 cm³/mol. The van der Waals surface area contributed by atoms with E-state index in [1.54, 1.807) is 0 Å². The Bertz CT molecular complexity index is 1270. The van der Waals surface area contributed by atoms with Crippen molar-refractivity contribution in [2.24, 2.45) is 0 Å². The average Bonchev–Trinajstić information content (AvgIpc) is 3.26. The van der Waals surface area contributed by atoms with Crippen LogP contribution in [0.3, 0.4) is 0 Å². The molecule has 0 spiro atoms. The number of nitrogens with zero attached hydrogens (tertiary/aromatic N) is 2. The summed E-state index contributed by atoms with van der Waals surface area (Å²) in [7, 11) is 0. The van der Waals surface area contributed by atoms with Gasteiger partial charge in [-0.1, -0.05) is 250 Å². The minimum absolute atomic E-state index is 0. The van der Waals surface area contributed by atoms with Gasteiger partial charge in [0.2, 0.25) is 0 Å². The topological polar surface area (TPSA) is 36.4 Å². The average molecular weight is 868 g/mol. The second-order valence-corrected chi connectivity index (χ2v) is 17.1. The van der Waals surface area contributed by atoms with Crippen LogP contribution in [0.25, 0.3) is 11.1 Å². The van der Waals surface area contributed by atoms with Gasteiger partial charge in [0.15, 0.2) is 0 Å². The predicted octanol–water partition coefficient (Wildman–Crippen LogP) is 19.3. The molecule has 0 bridgehead atoms. The van der Waals surface area contributed by atoms with Crippen LogP contribution in [-0.4, -0.2) is 10.7 Å². The fourth-order valence-electron chi connectivity index (χ4n) is 7.71. The Morgan fingerprint density at radius 2 is 0.817 bits per heavy atom. The summed E-state index contributed by atoms with van der Waals surface area (Å²) in [6, 6.07) is 18.1. The summed E-state index contributed by atoms with van der Waals surface area (Å²) >= 11 is 0. The van der Waals surface area contributed by atoms with Gasteiger partial charge in [0.25, 0.3) is 5.87 Å². The van der Waals surface area contributed by atoms with E-state index in [1.165, 1.54) is 207 Å². The maximum Gasteiger partial charge on any atom is 2.00 e. The van der Waals surface area contributed by atoms with Gasteiger partial charge in [0.1, 0.15) is 0 Å². The van der Waals surface area contributed by atoms with Gasteiger partial charge in [-0.15, -0.1) is 4.79 Å². The van der Waals surface area contributed by atoms with E-state index in [4.69, 9.17) is 5.53 Å². The quantitative estimate of drug-likeness (QED) is 0.0126. The Hall–Kier alpha value is -2.17. The van der Waals surface area contributed by atoms with Crippen molar-refractivity contribution >= 4 is 11.4 Å². The maximum absolute atomic E-state index is 9.07. The molecule has 0 N–H and O–H groups in total. The molecule has 0 heterocycles. The largest absolute Gasteiger partial charge is 2.00 e. The second kappa shape index (κ2) is 47.9. The molecule has 2 rings (SSSR count). The van der Waals surface area contributed by atoms with Gasteiger partial charge < -0.3 is 19.4 Å². The van der Waals surface area contributed by atoms with E-state index >= 15 is 0 Å². The minimum atomic E-state index is 0. The first kappa shape index (κ1) is 59.9. The van der Waals surface area contributed by atoms with Crippen molar-refractivity contribution < 1.29 is 21.3 Å². The summed E-state index contributed by atoms with van der Waals surface area (Å²) in [5, 5.41) is 0. The SMILES string of the molecule is CCCCCCc1cccc(C(=C(C=C=[N+]=[N-])CCCC)c2cccc(CCCCC)c2)c1.[CH2-]CCCCCCCCCCCC.[CH2-]CCCCCCCCCCCC.[Ni+2]. The van der Waals surface area contributed by atoms with Gasteiger partial charge in [-0.25, -0.2) is 0 Å². The van der Waals surface area contributed by atoms with Crippen molar-refractivity contribution in [3.05, 3.63) is 102 Å². The fourth-order valence-corrected chi connectivity index (χ4v) is 7.71. The van der Waals surface area contributed by atoms with E-state index in [2.05, 4.69) is 108 Å². The zero-order valence-corrected chi connectivity index (χ0v) is 41.4. The maximum atomic E-state index is 9.07. The van der Waals surface area contributed by atoms with Gasteiger partial charge in [-0.3, -0.25) is 0 Å². The van der Waals surface area contributed by atoms with E-state index in [0.717, 1.165) is 44.9 Å². The van der Waals surface area contributed by atoms with Gasteiger partial charge in [0, 0.05) is 0 Å². The van der Waals surface area contributed by atoms with E-state index in [1.807, 2.05) is 6.08 Å². The van der Waals surface area contributed by atoms with Crippen LogP contribution < -0.4 is 0 Å². The summed E-state index contributed by atoms with van der Waals surface area (Å²) in [5.41, 5.74) is 16.8. The van der Waals surface area contributed by atoms with Crippen LogP contribution in [0.2, 0.25) is 0 Å². The molecule has 0 atom stereocenters. The number of rotatable bonds is 35. The number of hydrogen-bond acceptors (Lipinski definition) is 0. The molecule has 2 nitrogen and oxygen atoms in total. The Kier molecular flexibility index (Phi) is 47.8. The molecule has 2 aromatic carbocycles. The van der Waals surface area contributed by atoms with Crippen molar-refractivity contribution in [3.63, 3.8) is 0 Å². The molecular formula is C57H96N2Ni. The molecule has 3 heteroatoms. The molecule has 0 saturated carbocycles. The molecule has 0 amide bonds. The molecule has 0 aliphatic carbocycles. The third-order valence-corrected chi connectivity index (χ3v) is 11.4. The number of aryl methyl sites for hydroxylation is 2. The standard InChI is InChI=1S/C31H42N2.2C13H27.Ni/c1-4-7-10-12-16-27-18-14-21-30(25-27)31(28(19-9-6-3)22-23-33-32)29-20-13-17-26(24-29)15-11-8-5-2;2*1-3-5-7-9-11-13-12-10-8-6-4-2;/h13-14,17-18,20-22,24-25H,4-12,15-16,19H2,1-3H3;2*1,3-13H2,2H3;/q;2*-1;+2. The Morgan fingerprint density at radius 1 is 0.483 bits per heavy atom. The molecule has 0 aromatic heterocycles. The molecule has 0 saturated heterocycles. The monoisotopic (exact) mass is 867 g/mol. The zero-order valence-electron chi connectivity index (χ0n) is 40.4. The van der Waals surface area contributed by atoms with Crippen molar-refractivity contribution in [2.75, 3.05) is 0 Å². The summed E-state index contributed by atoms with van der Waals surface area (Å²) in [5.74, 6) is 2.69. The van der Waals surface area contributed by atoms with Crippen molar-refractivity contribution in [1.82, 2.24) is 0 Å². The summed E-state index contributed by atoms with van der Waals surface area (Å²) in [4.78, 5) is 3.16. The fraction of sp³-hybridized carbons (Fsp3) is 0.684. The summed E-state index contributed by atoms with van der Waals surface area (Å²) in [6.45, 7) is 19.0. The van der Waals surface area contributed by atoms with Crippen LogP contribution in [0.5, 0.6) is 0 Å². The van der Waals surface area contributed by atoms with Crippen LogP contribution in [-0.2, 0) is 29.3 Å². The smallest absolute Gasteiger partial charge is 0.348 e. The Morgan fingerprint density at radius 3 is 1.18 bits per heavy atom. The molecule has 344 valence electrons. The molecule has 60 heavy (non-hydrogen) atoms. The van der Waals surface area contributed by atoms with E-state index in [0.29, 0.717) is 0 Å². The third-order valence-electron chi connectivity index (χ3n) is 11.4. The summed E-state index contributed by atoms with van der Waals surface area (Å²) in [6.07, 6.45) is 46.8. The van der Waals surface area contributed by atoms with Crippen LogP contribution in [0, 0.1) is 13.8 Å². The number of allylic oxidation sites excluding steroid dienone is 2. The van der Waals surface area contributed by atoms with Gasteiger partial charge in [-0.05, 0) is 71.9 Å². The molecule has 0 radical (unpaired) electrons. The number of hydrogen-bond donors (Lipinski definition) is 0. The normalized spacial score (nSPS) is 10.9.